The van der Waals surface area contributed by atoms with Crippen LogP contribution in [0.25, 0.3) is 21.9 Å². The van der Waals surface area contributed by atoms with Crippen molar-refractivity contribution in [1.82, 2.24) is 14.5 Å². The number of para-hydroxylation sites is 1. The third-order valence-corrected chi connectivity index (χ3v) is 5.20. The zero-order valence-electron chi connectivity index (χ0n) is 15.5. The van der Waals surface area contributed by atoms with E-state index < -0.39 is 0 Å². The van der Waals surface area contributed by atoms with Crippen molar-refractivity contribution in [1.29, 1.82) is 0 Å². The van der Waals surface area contributed by atoms with Crippen molar-refractivity contribution in [2.75, 3.05) is 6.61 Å². The van der Waals surface area contributed by atoms with Gasteiger partial charge in [-0.15, -0.1) is 0 Å². The van der Waals surface area contributed by atoms with Crippen molar-refractivity contribution < 1.29 is 4.74 Å². The molecule has 1 aliphatic rings. The summed E-state index contributed by atoms with van der Waals surface area (Å²) in [6, 6.07) is 8.32. The molecule has 1 aliphatic carbocycles. The molecule has 1 atom stereocenters. The lowest BCUT2D eigenvalue weighted by Gasteiger charge is -2.18. The number of imidazole rings is 1. The molecule has 4 nitrogen and oxygen atoms in total. The smallest absolute Gasteiger partial charge is 0.136 e. The Morgan fingerprint density at radius 1 is 1.20 bits per heavy atom. The summed E-state index contributed by atoms with van der Waals surface area (Å²) < 4.78 is 8.04. The van der Waals surface area contributed by atoms with Crippen molar-refractivity contribution in [2.24, 2.45) is 11.3 Å². The first-order valence-electron chi connectivity index (χ1n) is 9.14. The topological polar surface area (TPSA) is 39.9 Å². The van der Waals surface area contributed by atoms with E-state index in [1.165, 1.54) is 17.3 Å². The first kappa shape index (κ1) is 16.5. The molecule has 0 amide bonds. The van der Waals surface area contributed by atoms with E-state index in [4.69, 9.17) is 9.72 Å². The molecule has 4 rings (SSSR count). The van der Waals surface area contributed by atoms with Crippen molar-refractivity contribution in [3.8, 4) is 0 Å². The molecule has 2 heterocycles. The Labute approximate surface area is 149 Å². The molecule has 0 saturated heterocycles. The summed E-state index contributed by atoms with van der Waals surface area (Å²) in [4.78, 5) is 9.40. The summed E-state index contributed by atoms with van der Waals surface area (Å²) in [5, 5.41) is 1.17. The first-order chi connectivity index (χ1) is 12.0. The maximum atomic E-state index is 5.68. The van der Waals surface area contributed by atoms with Crippen LogP contribution in [-0.4, -0.2) is 21.1 Å². The van der Waals surface area contributed by atoms with E-state index >= 15 is 0 Å². The molecule has 1 fully saturated rings. The Morgan fingerprint density at radius 2 is 2.00 bits per heavy atom. The molecule has 25 heavy (non-hydrogen) atoms. The van der Waals surface area contributed by atoms with Gasteiger partial charge < -0.3 is 9.30 Å². The quantitative estimate of drug-likeness (QED) is 0.674. The van der Waals surface area contributed by atoms with Crippen LogP contribution in [0.4, 0.5) is 0 Å². The van der Waals surface area contributed by atoms with Gasteiger partial charge in [-0.3, -0.25) is 4.98 Å². The summed E-state index contributed by atoms with van der Waals surface area (Å²) in [5.41, 5.74) is 3.51. The largest absolute Gasteiger partial charge is 0.374 e. The third kappa shape index (κ3) is 3.04. The second-order valence-electron chi connectivity index (χ2n) is 8.04. The van der Waals surface area contributed by atoms with Gasteiger partial charge in [-0.1, -0.05) is 39.0 Å². The summed E-state index contributed by atoms with van der Waals surface area (Å²) in [6.07, 6.45) is 3.11. The second-order valence-corrected chi connectivity index (χ2v) is 8.04. The molecule has 1 aromatic carbocycles. The third-order valence-electron chi connectivity index (χ3n) is 5.20. The fourth-order valence-electron chi connectivity index (χ4n) is 3.78. The molecule has 0 spiro atoms. The van der Waals surface area contributed by atoms with Gasteiger partial charge in [0.2, 0.25) is 0 Å². The number of ether oxygens (including phenoxy) is 1. The van der Waals surface area contributed by atoms with Crippen LogP contribution in [0.5, 0.6) is 0 Å². The first-order valence-corrected chi connectivity index (χ1v) is 9.14. The van der Waals surface area contributed by atoms with Crippen molar-refractivity contribution in [3.05, 3.63) is 42.2 Å². The molecule has 1 radical (unpaired) electrons. The minimum Gasteiger partial charge on any atom is -0.374 e. The second kappa shape index (κ2) is 6.10. The molecule has 0 N–H and O–H groups in total. The zero-order chi connectivity index (χ0) is 17.6. The molecule has 3 aromatic rings. The Balaban J connectivity index is 1.80. The fraction of sp³-hybridized carbons (Fsp3) is 0.476. The zero-order valence-corrected chi connectivity index (χ0v) is 15.5. The number of nitrogens with zero attached hydrogens (tertiary/aromatic N) is 3. The number of hydrogen-bond acceptors (Lipinski definition) is 3. The van der Waals surface area contributed by atoms with Gasteiger partial charge in [0.05, 0.1) is 17.2 Å². The molecule has 0 bridgehead atoms. The standard InChI is InChI=1S/C21H26N3O/c1-5-25-13-19-23-18-11-22-17-9-7-6-8-15(17)20(18)24(19)12-14-10-16(14)21(2,3)4/h6-9,11,16H,5,10,12-13H2,1-4H3. The lowest BCUT2D eigenvalue weighted by atomic mass is 9.89. The van der Waals surface area contributed by atoms with Gasteiger partial charge in [0.15, 0.2) is 0 Å². The van der Waals surface area contributed by atoms with Crippen molar-refractivity contribution >= 4 is 21.9 Å². The highest BCUT2D eigenvalue weighted by atomic mass is 16.5. The van der Waals surface area contributed by atoms with Gasteiger partial charge in [-0.2, -0.15) is 0 Å². The maximum Gasteiger partial charge on any atom is 0.136 e. The van der Waals surface area contributed by atoms with Gasteiger partial charge in [0, 0.05) is 18.5 Å². The van der Waals surface area contributed by atoms with E-state index in [0.717, 1.165) is 23.4 Å². The molecule has 1 unspecified atom stereocenters. The van der Waals surface area contributed by atoms with Crippen LogP contribution in [0.2, 0.25) is 0 Å². The summed E-state index contributed by atoms with van der Waals surface area (Å²) in [5.74, 6) is 3.32. The van der Waals surface area contributed by atoms with Crippen molar-refractivity contribution in [2.45, 2.75) is 47.3 Å². The van der Waals surface area contributed by atoms with Gasteiger partial charge >= 0.3 is 0 Å². The number of benzene rings is 1. The Morgan fingerprint density at radius 3 is 2.72 bits per heavy atom. The molecular weight excluding hydrogens is 310 g/mol. The number of pyridine rings is 1. The van der Waals surface area contributed by atoms with Crippen LogP contribution in [0, 0.1) is 17.3 Å². The lowest BCUT2D eigenvalue weighted by Crippen LogP contribution is -2.12. The number of hydrogen-bond donors (Lipinski definition) is 0. The summed E-state index contributed by atoms with van der Waals surface area (Å²) >= 11 is 0. The average Bonchev–Trinajstić information content (AvgIpc) is 3.28. The van der Waals surface area contributed by atoms with Crippen LogP contribution in [0.3, 0.4) is 0 Å². The molecule has 2 aromatic heterocycles. The summed E-state index contributed by atoms with van der Waals surface area (Å²) in [7, 11) is 0. The van der Waals surface area contributed by atoms with Gasteiger partial charge in [0.25, 0.3) is 0 Å². The Hall–Kier alpha value is -1.94. The van der Waals surface area contributed by atoms with E-state index in [-0.39, 0.29) is 0 Å². The van der Waals surface area contributed by atoms with Gasteiger partial charge in [0.1, 0.15) is 17.9 Å². The Kier molecular flexibility index (Phi) is 4.03. The van der Waals surface area contributed by atoms with E-state index in [1.54, 1.807) is 5.92 Å². The Bertz CT molecular complexity index is 907. The lowest BCUT2D eigenvalue weighted by molar-refractivity contribution is 0.126. The highest BCUT2D eigenvalue weighted by Crippen LogP contribution is 2.53. The fourth-order valence-corrected chi connectivity index (χ4v) is 3.78. The van der Waals surface area contributed by atoms with E-state index in [0.29, 0.717) is 24.5 Å². The molecule has 4 heteroatoms. The predicted molar refractivity (Wildman–Crippen MR) is 101 cm³/mol. The predicted octanol–water partition coefficient (Wildman–Crippen LogP) is 4.76. The number of aromatic nitrogens is 3. The minimum absolute atomic E-state index is 0.343. The van der Waals surface area contributed by atoms with E-state index in [9.17, 15) is 0 Å². The molecule has 0 aliphatic heterocycles. The SMILES string of the molecule is CCOCc1nc2cnc3ccccc3c2n1C[C]1CC1C(C)(C)C. The van der Waals surface area contributed by atoms with E-state index in [2.05, 4.69) is 48.5 Å². The molecule has 131 valence electrons. The number of rotatable bonds is 5. The maximum absolute atomic E-state index is 5.68. The molecular formula is C21H26N3O. The van der Waals surface area contributed by atoms with E-state index in [1.807, 2.05) is 19.2 Å². The van der Waals surface area contributed by atoms with Crippen LogP contribution in [0.15, 0.2) is 30.5 Å². The van der Waals surface area contributed by atoms with Crippen LogP contribution >= 0.6 is 0 Å². The average molecular weight is 336 g/mol. The number of fused-ring (bicyclic) bond motifs is 3. The molecule has 1 saturated carbocycles. The normalized spacial score (nSPS) is 18.3. The van der Waals surface area contributed by atoms with Crippen LogP contribution in [0.1, 0.15) is 39.9 Å². The summed E-state index contributed by atoms with van der Waals surface area (Å²) in [6.45, 7) is 11.2. The van der Waals surface area contributed by atoms with Crippen LogP contribution < -0.4 is 0 Å². The van der Waals surface area contributed by atoms with Gasteiger partial charge in [-0.05, 0) is 36.7 Å². The monoisotopic (exact) mass is 336 g/mol. The van der Waals surface area contributed by atoms with Gasteiger partial charge in [-0.25, -0.2) is 4.98 Å². The minimum atomic E-state index is 0.343. The highest BCUT2D eigenvalue weighted by molar-refractivity contribution is 6.02. The highest BCUT2D eigenvalue weighted by Gasteiger charge is 2.46. The van der Waals surface area contributed by atoms with Crippen LogP contribution in [-0.2, 0) is 17.9 Å². The van der Waals surface area contributed by atoms with Crippen molar-refractivity contribution in [3.63, 3.8) is 0 Å².